The molecular formula is C35H50N2O8. The second-order valence-electron chi connectivity index (χ2n) is 12.1. The number of fused-ring (bicyclic) bond motifs is 1. The van der Waals surface area contributed by atoms with Gasteiger partial charge in [-0.15, -0.1) is 0 Å². The van der Waals surface area contributed by atoms with Gasteiger partial charge in [0.25, 0.3) is 11.8 Å². The molecule has 4 rings (SSSR count). The first-order valence-corrected chi connectivity index (χ1v) is 16.4. The molecule has 2 heterocycles. The Balaban J connectivity index is 1.43. The highest BCUT2D eigenvalue weighted by Crippen LogP contribution is 2.47. The minimum absolute atomic E-state index is 0.0927. The molecule has 2 N–H and O–H groups in total. The Hall–Kier alpha value is -3.18. The first kappa shape index (κ1) is 34.7. The summed E-state index contributed by atoms with van der Waals surface area (Å²) in [6, 6.07) is 14.1. The average molecular weight is 627 g/mol. The molecule has 0 bridgehead atoms. The molecule has 2 saturated heterocycles. The van der Waals surface area contributed by atoms with Gasteiger partial charge in [0.2, 0.25) is 0 Å². The van der Waals surface area contributed by atoms with Crippen LogP contribution in [0.5, 0.6) is 11.5 Å². The van der Waals surface area contributed by atoms with Crippen LogP contribution in [0.1, 0.15) is 93.9 Å². The minimum atomic E-state index is -1.12. The van der Waals surface area contributed by atoms with Crippen molar-refractivity contribution >= 4 is 11.8 Å². The Morgan fingerprint density at radius 2 is 1.27 bits per heavy atom. The monoisotopic (exact) mass is 626 g/mol. The van der Waals surface area contributed by atoms with Crippen molar-refractivity contribution in [1.29, 1.82) is 0 Å². The van der Waals surface area contributed by atoms with Crippen molar-refractivity contribution in [2.75, 3.05) is 32.9 Å². The van der Waals surface area contributed by atoms with Crippen molar-refractivity contribution in [3.8, 4) is 11.5 Å². The smallest absolute Gasteiger partial charge is 0.251 e. The normalized spacial score (nSPS) is 23.4. The summed E-state index contributed by atoms with van der Waals surface area (Å²) in [7, 11) is 0. The number of ether oxygens (including phenoxy) is 6. The van der Waals surface area contributed by atoms with Crippen molar-refractivity contribution in [2.45, 2.75) is 103 Å². The minimum Gasteiger partial charge on any atom is -0.494 e. The van der Waals surface area contributed by atoms with Crippen LogP contribution < -0.4 is 20.1 Å². The van der Waals surface area contributed by atoms with E-state index < -0.39 is 29.9 Å². The third-order valence-corrected chi connectivity index (χ3v) is 7.89. The summed E-state index contributed by atoms with van der Waals surface area (Å²) in [6.45, 7) is 12.0. The van der Waals surface area contributed by atoms with E-state index in [1.165, 1.54) is 0 Å². The topological polar surface area (TPSA) is 114 Å². The van der Waals surface area contributed by atoms with Crippen molar-refractivity contribution in [3.05, 3.63) is 59.7 Å². The van der Waals surface area contributed by atoms with Crippen LogP contribution >= 0.6 is 0 Å². The van der Waals surface area contributed by atoms with E-state index >= 15 is 0 Å². The van der Waals surface area contributed by atoms with Gasteiger partial charge >= 0.3 is 0 Å². The Bertz CT molecular complexity index is 1220. The van der Waals surface area contributed by atoms with E-state index in [0.717, 1.165) is 50.0 Å². The van der Waals surface area contributed by atoms with Crippen LogP contribution in [0.25, 0.3) is 0 Å². The fourth-order valence-corrected chi connectivity index (χ4v) is 5.44. The predicted octanol–water partition coefficient (Wildman–Crippen LogP) is 5.64. The highest BCUT2D eigenvalue weighted by Gasteiger charge is 2.66. The third-order valence-electron chi connectivity index (χ3n) is 7.89. The Labute approximate surface area is 267 Å². The lowest BCUT2D eigenvalue weighted by molar-refractivity contribution is -0.258. The van der Waals surface area contributed by atoms with Gasteiger partial charge in [-0.25, -0.2) is 0 Å². The molecule has 2 amide bonds. The molecule has 0 aromatic heterocycles. The summed E-state index contributed by atoms with van der Waals surface area (Å²) >= 11 is 0. The summed E-state index contributed by atoms with van der Waals surface area (Å²) in [6.07, 6.45) is 3.84. The molecule has 0 spiro atoms. The Morgan fingerprint density at radius 1 is 0.756 bits per heavy atom. The van der Waals surface area contributed by atoms with E-state index in [1.807, 2.05) is 13.8 Å². The number of rotatable bonds is 18. The van der Waals surface area contributed by atoms with Gasteiger partial charge < -0.3 is 39.1 Å². The number of carbonyl (C=O) groups is 2. The molecule has 0 radical (unpaired) electrons. The van der Waals surface area contributed by atoms with Crippen molar-refractivity contribution in [2.24, 2.45) is 0 Å². The zero-order valence-electron chi connectivity index (χ0n) is 27.4. The molecule has 2 aromatic rings. The van der Waals surface area contributed by atoms with Crippen molar-refractivity contribution < 1.29 is 38.0 Å². The standard InChI is InChI=1S/C35H50N2O8/c1-6-9-20-40-27-16-12-25(13-17-27)31(38)36-23-29-30-35(45-34(4,5)44-30,33(43-29)42-22-11-8-3)24-37-32(39)26-14-18-28(19-15-26)41-21-10-7-2/h12-19,29-30,33H,6-11,20-24H2,1-5H3,(H,36,38)(H,37,39)/t29-,30-,33-,35-/m1/s1. The molecular weight excluding hydrogens is 576 g/mol. The van der Waals surface area contributed by atoms with Gasteiger partial charge in [0.1, 0.15) is 23.7 Å². The lowest BCUT2D eigenvalue weighted by Gasteiger charge is -2.33. The number of amides is 2. The highest BCUT2D eigenvalue weighted by atomic mass is 16.8. The Kier molecular flexibility index (Phi) is 12.6. The van der Waals surface area contributed by atoms with E-state index in [0.29, 0.717) is 30.9 Å². The van der Waals surface area contributed by atoms with Crippen LogP contribution in [0.15, 0.2) is 48.5 Å². The third kappa shape index (κ3) is 9.19. The van der Waals surface area contributed by atoms with E-state index in [2.05, 4.69) is 31.4 Å². The van der Waals surface area contributed by atoms with Gasteiger partial charge in [-0.3, -0.25) is 9.59 Å². The number of benzene rings is 2. The molecule has 2 aliphatic rings. The zero-order chi connectivity index (χ0) is 32.3. The fourth-order valence-electron chi connectivity index (χ4n) is 5.44. The summed E-state index contributed by atoms with van der Waals surface area (Å²) in [5, 5.41) is 6.00. The lowest BCUT2D eigenvalue weighted by Crippen LogP contribution is -2.56. The molecule has 0 unspecified atom stereocenters. The van der Waals surface area contributed by atoms with Gasteiger partial charge in [-0.05, 0) is 81.6 Å². The summed E-state index contributed by atoms with van der Waals surface area (Å²) in [4.78, 5) is 26.3. The maximum Gasteiger partial charge on any atom is 0.251 e. The van der Waals surface area contributed by atoms with Gasteiger partial charge in [-0.2, -0.15) is 0 Å². The molecule has 2 fully saturated rings. The summed E-state index contributed by atoms with van der Waals surface area (Å²) in [5.74, 6) is -0.00884. The summed E-state index contributed by atoms with van der Waals surface area (Å²) < 4.78 is 36.9. The van der Waals surface area contributed by atoms with Gasteiger partial charge in [0.05, 0.1) is 19.8 Å². The van der Waals surface area contributed by atoms with E-state index in [-0.39, 0.29) is 24.9 Å². The molecule has 2 aromatic carbocycles. The van der Waals surface area contributed by atoms with Crippen LogP contribution in [0.3, 0.4) is 0 Å². The van der Waals surface area contributed by atoms with Gasteiger partial charge in [-0.1, -0.05) is 40.0 Å². The quantitative estimate of drug-likeness (QED) is 0.205. The second-order valence-corrected chi connectivity index (χ2v) is 12.1. The molecule has 0 saturated carbocycles. The van der Waals surface area contributed by atoms with Crippen molar-refractivity contribution in [3.63, 3.8) is 0 Å². The van der Waals surface area contributed by atoms with E-state index in [4.69, 9.17) is 28.4 Å². The second kappa shape index (κ2) is 16.4. The number of unbranched alkanes of at least 4 members (excludes halogenated alkanes) is 3. The average Bonchev–Trinajstić information content (AvgIpc) is 3.47. The fraction of sp³-hybridized carbons (Fsp3) is 0.600. The van der Waals surface area contributed by atoms with E-state index in [9.17, 15) is 9.59 Å². The maximum absolute atomic E-state index is 13.2. The Morgan fingerprint density at radius 3 is 1.80 bits per heavy atom. The van der Waals surface area contributed by atoms with Crippen LogP contribution in [-0.4, -0.2) is 74.6 Å². The molecule has 10 heteroatoms. The van der Waals surface area contributed by atoms with Crippen LogP contribution in [0.4, 0.5) is 0 Å². The zero-order valence-corrected chi connectivity index (χ0v) is 27.4. The maximum atomic E-state index is 13.2. The number of hydrogen-bond acceptors (Lipinski definition) is 8. The summed E-state index contributed by atoms with van der Waals surface area (Å²) in [5.41, 5.74) is -0.115. The van der Waals surface area contributed by atoms with Crippen LogP contribution in [-0.2, 0) is 18.9 Å². The first-order valence-electron chi connectivity index (χ1n) is 16.4. The molecule has 4 atom stereocenters. The lowest BCUT2D eigenvalue weighted by atomic mass is 9.94. The predicted molar refractivity (Wildman–Crippen MR) is 171 cm³/mol. The largest absolute Gasteiger partial charge is 0.494 e. The van der Waals surface area contributed by atoms with Gasteiger partial charge in [0.15, 0.2) is 17.7 Å². The number of hydrogen-bond donors (Lipinski definition) is 2. The van der Waals surface area contributed by atoms with Crippen molar-refractivity contribution in [1.82, 2.24) is 10.6 Å². The molecule has 2 aliphatic heterocycles. The molecule has 248 valence electrons. The van der Waals surface area contributed by atoms with Crippen LogP contribution in [0, 0.1) is 0 Å². The molecule has 45 heavy (non-hydrogen) atoms. The molecule has 0 aliphatic carbocycles. The van der Waals surface area contributed by atoms with Crippen LogP contribution in [0.2, 0.25) is 0 Å². The van der Waals surface area contributed by atoms with E-state index in [1.54, 1.807) is 48.5 Å². The van der Waals surface area contributed by atoms with Gasteiger partial charge in [0, 0.05) is 24.3 Å². The SMILES string of the molecule is CCCCOc1ccc(C(=O)NC[C@H]2O[C@@H](OCCCC)[C@]3(CNC(=O)c4ccc(OCCCC)cc4)OC(C)(C)O[C@H]23)cc1. The first-order chi connectivity index (χ1) is 21.7. The highest BCUT2D eigenvalue weighted by molar-refractivity contribution is 5.94. The number of carbonyl (C=O) groups excluding carboxylic acids is 2. The number of nitrogens with one attached hydrogen (secondary N) is 2. The molecule has 10 nitrogen and oxygen atoms in total.